The zero-order chi connectivity index (χ0) is 24.7. The van der Waals surface area contributed by atoms with Gasteiger partial charge in [-0.25, -0.2) is 0 Å². The van der Waals surface area contributed by atoms with Crippen LogP contribution in [0.3, 0.4) is 0 Å². The summed E-state index contributed by atoms with van der Waals surface area (Å²) >= 11 is 0. The molecule has 0 aromatic rings. The topological polar surface area (TPSA) is 146 Å². The SMILES string of the molecule is N=C(N)C1CCC2CC(C(=O)N[C@@H]3C4CCCCC4C[C@H]3O)N(CC3CCC(C(N)=O)CC3)C2C1. The van der Waals surface area contributed by atoms with Gasteiger partial charge in [0.1, 0.15) is 0 Å². The van der Waals surface area contributed by atoms with E-state index < -0.39 is 6.10 Å². The molecule has 0 bridgehead atoms. The third-order valence-electron chi connectivity index (χ3n) is 10.5. The summed E-state index contributed by atoms with van der Waals surface area (Å²) in [5.74, 6) is 2.13. The summed E-state index contributed by atoms with van der Waals surface area (Å²) in [6.45, 7) is 0.856. The fourth-order valence-corrected chi connectivity index (χ4v) is 8.48. The number of carbonyl (C=O) groups excluding carboxylic acids is 2. The number of nitrogens with two attached hydrogens (primary N) is 2. The maximum absolute atomic E-state index is 13.8. The zero-order valence-electron chi connectivity index (χ0n) is 21.0. The molecule has 5 fully saturated rings. The van der Waals surface area contributed by atoms with Crippen LogP contribution in [0.5, 0.6) is 0 Å². The van der Waals surface area contributed by atoms with Gasteiger partial charge in [-0.2, -0.15) is 0 Å². The standard InChI is InChI=1S/C27H45N5O3/c28-25(29)19-10-9-18-11-22(27(35)31-24-20-4-2-1-3-17(20)13-23(24)33)32(21(18)12-19)14-15-5-7-16(8-6-15)26(30)34/h15-24,33H,1-14H2,(H3,28,29)(H2,30,34)(H,31,35)/t15?,16?,17?,18?,19?,20?,21?,22?,23-,24-/m1/s1. The maximum atomic E-state index is 13.8. The molecular formula is C27H45N5O3. The van der Waals surface area contributed by atoms with E-state index in [-0.39, 0.29) is 47.6 Å². The number of hydrogen-bond acceptors (Lipinski definition) is 5. The molecule has 7 N–H and O–H groups in total. The largest absolute Gasteiger partial charge is 0.391 e. The van der Waals surface area contributed by atoms with Gasteiger partial charge in [-0.1, -0.05) is 19.3 Å². The first-order chi connectivity index (χ1) is 16.8. The summed E-state index contributed by atoms with van der Waals surface area (Å²) in [7, 11) is 0. The Hall–Kier alpha value is -1.67. The van der Waals surface area contributed by atoms with Gasteiger partial charge in [-0.15, -0.1) is 0 Å². The van der Waals surface area contributed by atoms with Crippen molar-refractivity contribution in [2.24, 2.45) is 47.0 Å². The van der Waals surface area contributed by atoms with Crippen molar-refractivity contribution in [2.45, 2.75) is 108 Å². The molecule has 0 radical (unpaired) electrons. The molecule has 0 aromatic carbocycles. The van der Waals surface area contributed by atoms with Gasteiger partial charge in [0, 0.05) is 24.4 Å². The third-order valence-corrected chi connectivity index (χ3v) is 10.5. The van der Waals surface area contributed by atoms with Gasteiger partial charge in [0.2, 0.25) is 11.8 Å². The number of primary amides is 1. The van der Waals surface area contributed by atoms with E-state index in [0.717, 1.165) is 70.8 Å². The summed E-state index contributed by atoms with van der Waals surface area (Å²) < 4.78 is 0. The first-order valence-corrected chi connectivity index (χ1v) is 14.2. The predicted molar refractivity (Wildman–Crippen MR) is 134 cm³/mol. The van der Waals surface area contributed by atoms with Crippen LogP contribution in [0.2, 0.25) is 0 Å². The Balaban J connectivity index is 1.29. The Morgan fingerprint density at radius 3 is 2.31 bits per heavy atom. The number of amides is 2. The van der Waals surface area contributed by atoms with Crippen molar-refractivity contribution >= 4 is 17.6 Å². The molecule has 6 unspecified atom stereocenters. The number of fused-ring (bicyclic) bond motifs is 2. The molecule has 35 heavy (non-hydrogen) atoms. The van der Waals surface area contributed by atoms with Crippen molar-refractivity contribution in [1.82, 2.24) is 10.2 Å². The van der Waals surface area contributed by atoms with Crippen LogP contribution in [0.4, 0.5) is 0 Å². The number of nitrogens with one attached hydrogen (secondary N) is 2. The van der Waals surface area contributed by atoms with E-state index in [0.29, 0.717) is 23.7 Å². The second-order valence-electron chi connectivity index (χ2n) is 12.4. The number of aliphatic hydroxyl groups is 1. The molecule has 196 valence electrons. The van der Waals surface area contributed by atoms with Crippen LogP contribution in [0.25, 0.3) is 0 Å². The van der Waals surface area contributed by atoms with Crippen LogP contribution in [0, 0.1) is 40.9 Å². The van der Waals surface area contributed by atoms with E-state index in [1.54, 1.807) is 0 Å². The molecule has 4 aliphatic carbocycles. The zero-order valence-corrected chi connectivity index (χ0v) is 21.0. The first kappa shape index (κ1) is 25.0. The van der Waals surface area contributed by atoms with Crippen molar-refractivity contribution < 1.29 is 14.7 Å². The number of nitrogens with zero attached hydrogens (tertiary/aromatic N) is 1. The molecule has 8 atom stereocenters. The molecule has 1 aliphatic heterocycles. The van der Waals surface area contributed by atoms with Crippen molar-refractivity contribution in [3.63, 3.8) is 0 Å². The van der Waals surface area contributed by atoms with Crippen LogP contribution in [-0.2, 0) is 9.59 Å². The quantitative estimate of drug-likeness (QED) is 0.288. The lowest BCUT2D eigenvalue weighted by molar-refractivity contribution is -0.128. The highest BCUT2D eigenvalue weighted by Crippen LogP contribution is 2.45. The monoisotopic (exact) mass is 487 g/mol. The highest BCUT2D eigenvalue weighted by atomic mass is 16.3. The fourth-order valence-electron chi connectivity index (χ4n) is 8.48. The highest BCUT2D eigenvalue weighted by molar-refractivity contribution is 5.83. The second kappa shape index (κ2) is 10.4. The van der Waals surface area contributed by atoms with E-state index in [1.807, 2.05) is 0 Å². The van der Waals surface area contributed by atoms with E-state index in [1.165, 1.54) is 19.3 Å². The molecule has 0 aromatic heterocycles. The normalized spacial score (nSPS) is 43.8. The fraction of sp³-hybridized carbons (Fsp3) is 0.889. The molecule has 0 spiro atoms. The van der Waals surface area contributed by atoms with Gasteiger partial charge in [-0.3, -0.25) is 19.9 Å². The Kier molecular flexibility index (Phi) is 7.40. The minimum absolute atomic E-state index is 0.0132. The molecule has 5 rings (SSSR count). The third kappa shape index (κ3) is 5.10. The lowest BCUT2D eigenvalue weighted by Gasteiger charge is -2.40. The van der Waals surface area contributed by atoms with Crippen LogP contribution in [0.1, 0.15) is 83.5 Å². The van der Waals surface area contributed by atoms with Gasteiger partial charge in [0.05, 0.1) is 24.0 Å². The van der Waals surface area contributed by atoms with Crippen molar-refractivity contribution in [1.29, 1.82) is 5.41 Å². The summed E-state index contributed by atoms with van der Waals surface area (Å²) in [4.78, 5) is 27.8. The molecule has 1 heterocycles. The summed E-state index contributed by atoms with van der Waals surface area (Å²) in [6, 6.07) is -0.0224. The summed E-state index contributed by atoms with van der Waals surface area (Å²) in [6.07, 6.45) is 12.4. The van der Waals surface area contributed by atoms with Crippen LogP contribution < -0.4 is 16.8 Å². The Morgan fingerprint density at radius 2 is 1.60 bits per heavy atom. The van der Waals surface area contributed by atoms with Crippen LogP contribution in [0.15, 0.2) is 0 Å². The molecule has 5 aliphatic rings. The van der Waals surface area contributed by atoms with Crippen molar-refractivity contribution in [3.05, 3.63) is 0 Å². The number of rotatable bonds is 6. The number of aliphatic hydroxyl groups excluding tert-OH is 1. The Morgan fingerprint density at radius 1 is 0.886 bits per heavy atom. The highest BCUT2D eigenvalue weighted by Gasteiger charge is 2.50. The Labute approximate surface area is 209 Å². The number of likely N-dealkylation sites (tertiary alicyclic amines) is 1. The number of carbonyl (C=O) groups is 2. The average molecular weight is 488 g/mol. The van der Waals surface area contributed by atoms with Gasteiger partial charge in [0.15, 0.2) is 0 Å². The van der Waals surface area contributed by atoms with Crippen molar-refractivity contribution in [3.8, 4) is 0 Å². The second-order valence-corrected chi connectivity index (χ2v) is 12.4. The van der Waals surface area contributed by atoms with Crippen LogP contribution >= 0.6 is 0 Å². The first-order valence-electron chi connectivity index (χ1n) is 14.2. The lowest BCUT2D eigenvalue weighted by atomic mass is 9.77. The van der Waals surface area contributed by atoms with Gasteiger partial charge in [0.25, 0.3) is 0 Å². The lowest BCUT2D eigenvalue weighted by Crippen LogP contribution is -2.54. The van der Waals surface area contributed by atoms with Crippen molar-refractivity contribution in [2.75, 3.05) is 6.54 Å². The number of amidine groups is 1. The van der Waals surface area contributed by atoms with E-state index in [9.17, 15) is 14.7 Å². The Bertz CT molecular complexity index is 813. The van der Waals surface area contributed by atoms with E-state index in [4.69, 9.17) is 16.9 Å². The average Bonchev–Trinajstić information content (AvgIpc) is 3.36. The molecule has 8 nitrogen and oxygen atoms in total. The summed E-state index contributed by atoms with van der Waals surface area (Å²) in [5.41, 5.74) is 11.5. The smallest absolute Gasteiger partial charge is 0.237 e. The minimum Gasteiger partial charge on any atom is -0.391 e. The summed E-state index contributed by atoms with van der Waals surface area (Å²) in [5, 5.41) is 22.2. The maximum Gasteiger partial charge on any atom is 0.237 e. The number of hydrogen-bond donors (Lipinski definition) is 5. The molecule has 4 saturated carbocycles. The minimum atomic E-state index is -0.435. The molecule has 1 saturated heterocycles. The molecule has 2 amide bonds. The van der Waals surface area contributed by atoms with Gasteiger partial charge >= 0.3 is 0 Å². The van der Waals surface area contributed by atoms with E-state index in [2.05, 4.69) is 10.2 Å². The van der Waals surface area contributed by atoms with E-state index >= 15 is 0 Å². The molecule has 8 heteroatoms. The van der Waals surface area contributed by atoms with Crippen LogP contribution in [-0.4, -0.2) is 58.4 Å². The molecular weight excluding hydrogens is 442 g/mol. The predicted octanol–water partition coefficient (Wildman–Crippen LogP) is 2.13. The van der Waals surface area contributed by atoms with Gasteiger partial charge in [-0.05, 0) is 87.9 Å². The van der Waals surface area contributed by atoms with Gasteiger partial charge < -0.3 is 21.9 Å².